The Morgan fingerprint density at radius 1 is 0.350 bits per heavy atom. The molecule has 0 atom stereocenters. The van der Waals surface area contributed by atoms with Crippen LogP contribution >= 0.6 is 14.2 Å². The number of hydrogen-bond donors (Lipinski definition) is 1. The van der Waals surface area contributed by atoms with Gasteiger partial charge in [0.2, 0.25) is 0 Å². The van der Waals surface area contributed by atoms with Crippen LogP contribution < -0.4 is 36.7 Å². The van der Waals surface area contributed by atoms with E-state index in [1.165, 1.54) is 31.8 Å². The Labute approximate surface area is 238 Å². The predicted octanol–water partition coefficient (Wildman–Crippen LogP) is 6.56. The number of nitrogens with one attached hydrogen (secondary N) is 1. The molecule has 0 unspecified atom stereocenters. The second-order valence-corrected chi connectivity index (χ2v) is 18.7. The molecule has 0 aromatic heterocycles. The molecule has 0 saturated heterocycles. The van der Waals surface area contributed by atoms with Crippen molar-refractivity contribution in [2.24, 2.45) is 0 Å². The molecule has 0 saturated carbocycles. The minimum atomic E-state index is -3.34. The molecular formula is C37H34NP2+. The molecule has 40 heavy (non-hydrogen) atoms. The molecule has 6 aromatic carbocycles. The van der Waals surface area contributed by atoms with Gasteiger partial charge in [-0.3, -0.25) is 0 Å². The normalized spacial score (nSPS) is 12.8. The minimum absolute atomic E-state index is 1.31. The zero-order chi connectivity index (χ0) is 27.3. The Morgan fingerprint density at radius 3 is 0.825 bits per heavy atom. The van der Waals surface area contributed by atoms with Gasteiger partial charge in [0.05, 0.1) is 0 Å². The van der Waals surface area contributed by atoms with Gasteiger partial charge in [0.25, 0.3) is 0 Å². The monoisotopic (exact) mass is 554 g/mol. The van der Waals surface area contributed by atoms with Crippen LogP contribution in [0.25, 0.3) is 0 Å². The molecule has 0 fully saturated rings. The molecule has 0 aliphatic rings. The van der Waals surface area contributed by atoms with Crippen LogP contribution in [0.3, 0.4) is 0 Å². The van der Waals surface area contributed by atoms with Gasteiger partial charge in [-0.25, -0.2) is 0 Å². The molecule has 0 radical (unpaired) electrons. The molecule has 0 spiro atoms. The first-order chi connectivity index (χ1) is 19.7. The van der Waals surface area contributed by atoms with Crippen molar-refractivity contribution in [2.75, 3.05) is 6.66 Å². The quantitative estimate of drug-likeness (QED) is 0.210. The fourth-order valence-corrected chi connectivity index (χ4v) is 18.1. The van der Waals surface area contributed by atoms with Crippen molar-refractivity contribution >= 4 is 46.0 Å². The van der Waals surface area contributed by atoms with E-state index in [-0.39, 0.29) is 0 Å². The summed E-state index contributed by atoms with van der Waals surface area (Å²) < 4.78 is 0. The Morgan fingerprint density at radius 2 is 0.575 bits per heavy atom. The molecule has 3 heteroatoms. The van der Waals surface area contributed by atoms with Gasteiger partial charge in [-0.2, -0.15) is 0 Å². The van der Waals surface area contributed by atoms with Crippen molar-refractivity contribution in [1.82, 2.24) is 4.86 Å². The predicted molar refractivity (Wildman–Crippen MR) is 179 cm³/mol. The van der Waals surface area contributed by atoms with Crippen molar-refractivity contribution in [3.63, 3.8) is 0 Å². The van der Waals surface area contributed by atoms with Crippen LogP contribution in [-0.4, -0.2) is 6.66 Å². The van der Waals surface area contributed by atoms with Crippen molar-refractivity contribution in [2.45, 2.75) is 0 Å². The summed E-state index contributed by atoms with van der Waals surface area (Å²) in [5.74, 6) is 0. The van der Waals surface area contributed by atoms with E-state index in [0.29, 0.717) is 0 Å². The van der Waals surface area contributed by atoms with Gasteiger partial charge in [-0.15, -0.1) is 0 Å². The second kappa shape index (κ2) is 11.0. The van der Waals surface area contributed by atoms with Crippen LogP contribution in [0.2, 0.25) is 0 Å². The van der Waals surface area contributed by atoms with Crippen LogP contribution in [0, 0.1) is 0 Å². The summed E-state index contributed by atoms with van der Waals surface area (Å²) in [7, 11) is -2.43. The average molecular weight is 555 g/mol. The molecule has 1 nitrogen and oxygen atoms in total. The van der Waals surface area contributed by atoms with Gasteiger partial charge in [-0.05, 0) is 0 Å². The SMILES string of the molecule is CP(N[P+](c1ccccc1)(c1ccccc1)c1ccccc1)(c1ccccc1)(c1ccccc1)c1ccccc1. The molecule has 0 bridgehead atoms. The van der Waals surface area contributed by atoms with Crippen molar-refractivity contribution < 1.29 is 0 Å². The topological polar surface area (TPSA) is 12.0 Å². The Kier molecular flexibility index (Phi) is 7.22. The third-order valence-electron chi connectivity index (χ3n) is 8.04. The molecular weight excluding hydrogens is 520 g/mol. The summed E-state index contributed by atoms with van der Waals surface area (Å²) in [4.78, 5) is 4.70. The van der Waals surface area contributed by atoms with Crippen LogP contribution in [-0.2, 0) is 0 Å². The molecule has 0 aliphatic heterocycles. The maximum absolute atomic E-state index is 4.70. The Bertz CT molecular complexity index is 1460. The summed E-state index contributed by atoms with van der Waals surface area (Å²) in [6.07, 6.45) is 0. The van der Waals surface area contributed by atoms with Crippen molar-refractivity contribution in [3.05, 3.63) is 182 Å². The molecule has 0 heterocycles. The Balaban J connectivity index is 1.81. The van der Waals surface area contributed by atoms with E-state index in [1.54, 1.807) is 0 Å². The van der Waals surface area contributed by atoms with E-state index in [4.69, 9.17) is 4.86 Å². The standard InChI is InChI=1S/C37H34NP2/c1-40(35-26-14-5-15-27-35,36-28-16-6-17-29-36,37-30-18-7-19-31-37)38-39(32-20-8-2-9-21-32,33-22-10-3-11-23-33)34-24-12-4-13-25-34/h2-31,38H,1H3/q+1. The van der Waals surface area contributed by atoms with Gasteiger partial charge < -0.3 is 0 Å². The van der Waals surface area contributed by atoms with Gasteiger partial charge in [0.1, 0.15) is 0 Å². The first-order valence-electron chi connectivity index (χ1n) is 13.7. The van der Waals surface area contributed by atoms with Gasteiger partial charge in [0, 0.05) is 0 Å². The summed E-state index contributed by atoms with van der Waals surface area (Å²) in [5, 5.41) is 7.89. The van der Waals surface area contributed by atoms with Gasteiger partial charge in [0.15, 0.2) is 0 Å². The molecule has 196 valence electrons. The van der Waals surface area contributed by atoms with Gasteiger partial charge in [-0.1, -0.05) is 0 Å². The van der Waals surface area contributed by atoms with E-state index >= 15 is 0 Å². The third-order valence-corrected chi connectivity index (χ3v) is 19.2. The van der Waals surface area contributed by atoms with E-state index in [1.807, 2.05) is 0 Å². The van der Waals surface area contributed by atoms with Crippen LogP contribution in [0.4, 0.5) is 0 Å². The van der Waals surface area contributed by atoms with Crippen molar-refractivity contribution in [3.8, 4) is 0 Å². The fraction of sp³-hybridized carbons (Fsp3) is 0.0270. The number of rotatable bonds is 8. The van der Waals surface area contributed by atoms with Gasteiger partial charge >= 0.3 is 240 Å². The van der Waals surface area contributed by atoms with E-state index in [2.05, 4.69) is 189 Å². The van der Waals surface area contributed by atoms with E-state index < -0.39 is 14.2 Å². The van der Waals surface area contributed by atoms with E-state index in [0.717, 1.165) is 0 Å². The van der Waals surface area contributed by atoms with Crippen LogP contribution in [0.15, 0.2) is 182 Å². The second-order valence-electron chi connectivity index (χ2n) is 10.3. The fourth-order valence-electron chi connectivity index (χ4n) is 5.97. The first kappa shape index (κ1) is 26.4. The summed E-state index contributed by atoms with van der Waals surface area (Å²) in [6, 6.07) is 66.6. The van der Waals surface area contributed by atoms with Crippen LogP contribution in [0.1, 0.15) is 0 Å². The first-order valence-corrected chi connectivity index (χ1v) is 18.2. The molecule has 6 aromatic rings. The third kappa shape index (κ3) is 4.32. The molecule has 6 rings (SSSR count). The van der Waals surface area contributed by atoms with Crippen molar-refractivity contribution in [1.29, 1.82) is 0 Å². The molecule has 0 amide bonds. The van der Waals surface area contributed by atoms with Crippen LogP contribution in [0.5, 0.6) is 0 Å². The summed E-state index contributed by atoms with van der Waals surface area (Å²) in [5.41, 5.74) is 0. The summed E-state index contributed by atoms with van der Waals surface area (Å²) in [6.45, 7) is -0.834. The Hall–Kier alpha value is -3.86. The average Bonchev–Trinajstić information content (AvgIpc) is 3.06. The zero-order valence-electron chi connectivity index (χ0n) is 22.7. The number of hydrogen-bond acceptors (Lipinski definition) is 1. The maximum atomic E-state index is 4.70. The summed E-state index contributed by atoms with van der Waals surface area (Å²) >= 11 is 0. The number of benzene rings is 6. The van der Waals surface area contributed by atoms with E-state index in [9.17, 15) is 0 Å². The molecule has 0 aliphatic carbocycles. The molecule has 1 N–H and O–H groups in total. The zero-order valence-corrected chi connectivity index (χ0v) is 24.5.